The molecule has 0 heterocycles. The molecule has 0 spiro atoms. The van der Waals surface area contributed by atoms with Crippen molar-refractivity contribution in [2.45, 2.75) is 13.3 Å². The highest BCUT2D eigenvalue weighted by Crippen LogP contribution is 2.11. The summed E-state index contributed by atoms with van der Waals surface area (Å²) in [6.45, 7) is 6.15. The van der Waals surface area contributed by atoms with E-state index in [-0.39, 0.29) is 0 Å². The molecule has 0 aliphatic rings. The highest BCUT2D eigenvalue weighted by atomic mass is 16.5. The lowest BCUT2D eigenvalue weighted by Crippen LogP contribution is -2.38. The number of benzene rings is 1. The number of guanidine groups is 1. The molecule has 1 aromatic carbocycles. The Bertz CT molecular complexity index is 435. The monoisotopic (exact) mass is 323 g/mol. The number of nitrogens with one attached hydrogen (secondary N) is 2. The van der Waals surface area contributed by atoms with Gasteiger partial charge in [-0.2, -0.15) is 0 Å². The van der Waals surface area contributed by atoms with E-state index >= 15 is 0 Å². The van der Waals surface area contributed by atoms with Crippen LogP contribution < -0.4 is 15.4 Å². The van der Waals surface area contributed by atoms with Crippen molar-refractivity contribution in [2.24, 2.45) is 4.99 Å². The molecule has 6 heteroatoms. The number of rotatable bonds is 11. The maximum Gasteiger partial charge on any atom is 0.191 e. The summed E-state index contributed by atoms with van der Waals surface area (Å²) in [6, 6.07) is 8.11. The maximum atomic E-state index is 5.40. The summed E-state index contributed by atoms with van der Waals surface area (Å²) in [4.78, 5) is 4.48. The molecular formula is C17H29N3O3. The van der Waals surface area contributed by atoms with Crippen LogP contribution in [0.3, 0.4) is 0 Å². The van der Waals surface area contributed by atoms with E-state index in [4.69, 9.17) is 14.2 Å². The molecule has 23 heavy (non-hydrogen) atoms. The first-order valence-corrected chi connectivity index (χ1v) is 8.02. The van der Waals surface area contributed by atoms with Crippen molar-refractivity contribution >= 4 is 5.96 Å². The largest absolute Gasteiger partial charge is 0.497 e. The number of aliphatic imine (C=N–C) groups is 1. The van der Waals surface area contributed by atoms with Crippen LogP contribution in [-0.2, 0) is 15.9 Å². The molecule has 0 fully saturated rings. The van der Waals surface area contributed by atoms with Crippen molar-refractivity contribution in [1.29, 1.82) is 0 Å². The van der Waals surface area contributed by atoms with E-state index in [0.29, 0.717) is 26.4 Å². The van der Waals surface area contributed by atoms with Crippen molar-refractivity contribution < 1.29 is 14.2 Å². The van der Waals surface area contributed by atoms with E-state index in [9.17, 15) is 0 Å². The van der Waals surface area contributed by atoms with Crippen molar-refractivity contribution in [3.8, 4) is 5.75 Å². The fourth-order valence-electron chi connectivity index (χ4n) is 1.93. The zero-order chi connectivity index (χ0) is 16.8. The second kappa shape index (κ2) is 12.7. The van der Waals surface area contributed by atoms with Crippen molar-refractivity contribution in [3.63, 3.8) is 0 Å². The first-order chi connectivity index (χ1) is 11.3. The van der Waals surface area contributed by atoms with Crippen LogP contribution in [-0.4, -0.2) is 59.6 Å². The van der Waals surface area contributed by atoms with Crippen LogP contribution in [0, 0.1) is 0 Å². The van der Waals surface area contributed by atoms with E-state index in [1.54, 1.807) is 14.2 Å². The molecule has 0 saturated heterocycles. The van der Waals surface area contributed by atoms with Crippen LogP contribution in [0.1, 0.15) is 12.5 Å². The Balaban J connectivity index is 2.28. The standard InChI is InChI=1S/C17H29N3O3/c1-4-18-17(20-11-12-23-14-13-21-2)19-10-9-15-5-7-16(22-3)8-6-15/h5-8H,4,9-14H2,1-3H3,(H2,18,19,20). The van der Waals surface area contributed by atoms with E-state index in [1.807, 2.05) is 12.1 Å². The minimum Gasteiger partial charge on any atom is -0.497 e. The minimum atomic E-state index is 0.596. The normalized spacial score (nSPS) is 11.3. The van der Waals surface area contributed by atoms with Crippen LogP contribution in [0.2, 0.25) is 0 Å². The zero-order valence-corrected chi connectivity index (χ0v) is 14.4. The van der Waals surface area contributed by atoms with Gasteiger partial charge in [0.15, 0.2) is 5.96 Å². The lowest BCUT2D eigenvalue weighted by molar-refractivity contribution is 0.0748. The lowest BCUT2D eigenvalue weighted by Gasteiger charge is -2.11. The first-order valence-electron chi connectivity index (χ1n) is 8.02. The summed E-state index contributed by atoms with van der Waals surface area (Å²) in [7, 11) is 3.34. The van der Waals surface area contributed by atoms with Gasteiger partial charge in [-0.15, -0.1) is 0 Å². The molecule has 0 unspecified atom stereocenters. The molecule has 0 aliphatic carbocycles. The number of methoxy groups -OCH3 is 2. The van der Waals surface area contributed by atoms with Crippen LogP contribution >= 0.6 is 0 Å². The lowest BCUT2D eigenvalue weighted by atomic mass is 10.1. The van der Waals surface area contributed by atoms with Gasteiger partial charge in [-0.25, -0.2) is 0 Å². The molecule has 6 nitrogen and oxygen atoms in total. The van der Waals surface area contributed by atoms with E-state index in [1.165, 1.54) is 5.56 Å². The van der Waals surface area contributed by atoms with E-state index < -0.39 is 0 Å². The van der Waals surface area contributed by atoms with Gasteiger partial charge in [-0.05, 0) is 31.0 Å². The summed E-state index contributed by atoms with van der Waals surface area (Å²) < 4.78 is 15.5. The average molecular weight is 323 g/mol. The Morgan fingerprint density at radius 2 is 1.83 bits per heavy atom. The molecule has 0 bridgehead atoms. The maximum absolute atomic E-state index is 5.40. The predicted octanol–water partition coefficient (Wildman–Crippen LogP) is 1.46. The molecule has 0 saturated carbocycles. The minimum absolute atomic E-state index is 0.596. The fraction of sp³-hybridized carbons (Fsp3) is 0.588. The average Bonchev–Trinajstić information content (AvgIpc) is 2.58. The summed E-state index contributed by atoms with van der Waals surface area (Å²) in [6.07, 6.45) is 0.929. The van der Waals surface area contributed by atoms with Crippen LogP contribution in [0.25, 0.3) is 0 Å². The zero-order valence-electron chi connectivity index (χ0n) is 14.4. The molecule has 0 atom stereocenters. The van der Waals surface area contributed by atoms with Gasteiger partial charge >= 0.3 is 0 Å². The van der Waals surface area contributed by atoms with Gasteiger partial charge in [0.05, 0.1) is 33.5 Å². The van der Waals surface area contributed by atoms with Crippen molar-refractivity contribution in [3.05, 3.63) is 29.8 Å². The highest BCUT2D eigenvalue weighted by molar-refractivity contribution is 5.79. The highest BCUT2D eigenvalue weighted by Gasteiger charge is 1.98. The number of hydrogen-bond donors (Lipinski definition) is 2. The topological polar surface area (TPSA) is 64.1 Å². The third-order valence-corrected chi connectivity index (χ3v) is 3.15. The molecule has 1 rings (SSSR count). The second-order valence-corrected chi connectivity index (χ2v) is 4.89. The fourth-order valence-corrected chi connectivity index (χ4v) is 1.93. The molecule has 0 aromatic heterocycles. The van der Waals surface area contributed by atoms with Gasteiger partial charge < -0.3 is 24.8 Å². The van der Waals surface area contributed by atoms with Gasteiger partial charge in [-0.1, -0.05) is 12.1 Å². The van der Waals surface area contributed by atoms with Gasteiger partial charge in [0.2, 0.25) is 0 Å². The van der Waals surface area contributed by atoms with E-state index in [2.05, 4.69) is 34.7 Å². The Hall–Kier alpha value is -1.79. The molecule has 0 radical (unpaired) electrons. The smallest absolute Gasteiger partial charge is 0.191 e. The summed E-state index contributed by atoms with van der Waals surface area (Å²) in [5, 5.41) is 6.56. The Morgan fingerprint density at radius 3 is 2.48 bits per heavy atom. The number of hydrogen-bond acceptors (Lipinski definition) is 4. The van der Waals surface area contributed by atoms with Gasteiger partial charge in [-0.3, -0.25) is 4.99 Å². The Morgan fingerprint density at radius 1 is 1.04 bits per heavy atom. The molecule has 0 amide bonds. The molecular weight excluding hydrogens is 294 g/mol. The molecule has 130 valence electrons. The molecule has 0 aliphatic heterocycles. The van der Waals surface area contributed by atoms with Crippen LogP contribution in [0.5, 0.6) is 5.75 Å². The van der Waals surface area contributed by atoms with Crippen molar-refractivity contribution in [2.75, 3.05) is 53.7 Å². The van der Waals surface area contributed by atoms with Gasteiger partial charge in [0, 0.05) is 20.2 Å². The predicted molar refractivity (Wildman–Crippen MR) is 93.4 cm³/mol. The van der Waals surface area contributed by atoms with Gasteiger partial charge in [0.25, 0.3) is 0 Å². The SMILES string of the molecule is CCNC(=NCCOCCOC)NCCc1ccc(OC)cc1. The molecule has 1 aromatic rings. The third-order valence-electron chi connectivity index (χ3n) is 3.15. The summed E-state index contributed by atoms with van der Waals surface area (Å²) >= 11 is 0. The Kier molecular flexibility index (Phi) is 10.7. The van der Waals surface area contributed by atoms with Crippen molar-refractivity contribution in [1.82, 2.24) is 10.6 Å². The number of nitrogens with zero attached hydrogens (tertiary/aromatic N) is 1. The first kappa shape index (κ1) is 19.3. The second-order valence-electron chi connectivity index (χ2n) is 4.89. The van der Waals surface area contributed by atoms with Gasteiger partial charge in [0.1, 0.15) is 5.75 Å². The number of ether oxygens (including phenoxy) is 3. The van der Waals surface area contributed by atoms with Crippen LogP contribution in [0.15, 0.2) is 29.3 Å². The third kappa shape index (κ3) is 9.05. The van der Waals surface area contributed by atoms with Crippen LogP contribution in [0.4, 0.5) is 0 Å². The van der Waals surface area contributed by atoms with E-state index in [0.717, 1.165) is 31.2 Å². The molecule has 2 N–H and O–H groups in total. The Labute approximate surface area is 139 Å². The quantitative estimate of drug-likeness (QED) is 0.367. The summed E-state index contributed by atoms with van der Waals surface area (Å²) in [5.74, 6) is 1.70. The summed E-state index contributed by atoms with van der Waals surface area (Å²) in [5.41, 5.74) is 1.26.